The highest BCUT2D eigenvalue weighted by Crippen LogP contribution is 2.11. The Morgan fingerprint density at radius 1 is 1.64 bits per heavy atom. The van der Waals surface area contributed by atoms with Gasteiger partial charge in [0.15, 0.2) is 0 Å². The fourth-order valence-electron chi connectivity index (χ4n) is 1.06. The summed E-state index contributed by atoms with van der Waals surface area (Å²) in [6.07, 6.45) is 0. The zero-order valence-corrected chi connectivity index (χ0v) is 7.77. The number of rotatable bonds is 3. The molecule has 14 heavy (non-hydrogen) atoms. The number of carbonyl (C=O) groups excluding carboxylic acids is 1. The minimum absolute atomic E-state index is 0.120. The molecular formula is C9H10N4O. The summed E-state index contributed by atoms with van der Waals surface area (Å²) in [5.41, 5.74) is 9.71. The number of amides is 1. The van der Waals surface area contributed by atoms with Crippen molar-refractivity contribution < 1.29 is 4.79 Å². The molecule has 72 valence electrons. The number of carbonyl (C=O) groups is 1. The zero-order chi connectivity index (χ0) is 10.4. The largest absolute Gasteiger partial charge is 0.326 e. The molecule has 0 unspecified atom stereocenters. The topological polar surface area (TPSA) is 77.9 Å². The fourth-order valence-corrected chi connectivity index (χ4v) is 1.06. The van der Waals surface area contributed by atoms with Crippen molar-refractivity contribution in [2.24, 2.45) is 5.11 Å². The lowest BCUT2D eigenvalue weighted by Gasteiger charge is -2.02. The first-order valence-corrected chi connectivity index (χ1v) is 4.10. The molecule has 0 aliphatic rings. The molecule has 0 aromatic heterocycles. The number of anilines is 1. The molecule has 0 radical (unpaired) electrons. The Bertz CT molecular complexity index is 363. The maximum Gasteiger partial charge on any atom is 0.221 e. The maximum absolute atomic E-state index is 10.7. The summed E-state index contributed by atoms with van der Waals surface area (Å²) in [6.45, 7) is 1.74. The van der Waals surface area contributed by atoms with Gasteiger partial charge in [-0.2, -0.15) is 0 Å². The Morgan fingerprint density at radius 2 is 2.43 bits per heavy atom. The quantitative estimate of drug-likeness (QED) is 0.443. The summed E-state index contributed by atoms with van der Waals surface area (Å²) in [7, 11) is 0. The lowest BCUT2D eigenvalue weighted by Crippen LogP contribution is -2.05. The van der Waals surface area contributed by atoms with Gasteiger partial charge in [-0.1, -0.05) is 17.2 Å². The van der Waals surface area contributed by atoms with E-state index in [0.717, 1.165) is 5.56 Å². The van der Waals surface area contributed by atoms with Gasteiger partial charge >= 0.3 is 0 Å². The van der Waals surface area contributed by atoms with Crippen molar-refractivity contribution in [3.05, 3.63) is 40.3 Å². The van der Waals surface area contributed by atoms with Crippen LogP contribution in [0, 0.1) is 0 Å². The van der Waals surface area contributed by atoms with E-state index < -0.39 is 0 Å². The number of azide groups is 1. The summed E-state index contributed by atoms with van der Waals surface area (Å²) in [4.78, 5) is 13.4. The van der Waals surface area contributed by atoms with Gasteiger partial charge in [0, 0.05) is 17.5 Å². The number of hydrogen-bond donors (Lipinski definition) is 1. The third-order valence-electron chi connectivity index (χ3n) is 1.56. The second kappa shape index (κ2) is 4.89. The SMILES string of the molecule is CC(=O)Nc1cccc(CN=[N+]=[N-])c1. The minimum atomic E-state index is -0.120. The van der Waals surface area contributed by atoms with Crippen LogP contribution in [0.1, 0.15) is 12.5 Å². The average molecular weight is 190 g/mol. The molecule has 0 aliphatic heterocycles. The summed E-state index contributed by atoms with van der Waals surface area (Å²) in [5, 5.41) is 6.08. The molecule has 0 saturated carbocycles. The van der Waals surface area contributed by atoms with Gasteiger partial charge in [-0.15, -0.1) is 0 Å². The van der Waals surface area contributed by atoms with Crippen LogP contribution in [0.15, 0.2) is 29.4 Å². The molecule has 0 spiro atoms. The first-order valence-electron chi connectivity index (χ1n) is 4.10. The summed E-state index contributed by atoms with van der Waals surface area (Å²) < 4.78 is 0. The third kappa shape index (κ3) is 3.16. The van der Waals surface area contributed by atoms with Crippen LogP contribution in [-0.2, 0) is 11.3 Å². The minimum Gasteiger partial charge on any atom is -0.326 e. The van der Waals surface area contributed by atoms with Crippen molar-refractivity contribution in [1.29, 1.82) is 0 Å². The van der Waals surface area contributed by atoms with E-state index in [0.29, 0.717) is 12.2 Å². The summed E-state index contributed by atoms with van der Waals surface area (Å²) >= 11 is 0. The highest BCUT2D eigenvalue weighted by molar-refractivity contribution is 5.88. The molecule has 1 aromatic rings. The van der Waals surface area contributed by atoms with Gasteiger partial charge in [-0.25, -0.2) is 0 Å². The highest BCUT2D eigenvalue weighted by Gasteiger charge is 1.96. The Kier molecular flexibility index (Phi) is 3.52. The molecule has 5 heteroatoms. The van der Waals surface area contributed by atoms with E-state index in [1.165, 1.54) is 6.92 Å². The number of nitrogens with one attached hydrogen (secondary N) is 1. The van der Waals surface area contributed by atoms with Crippen LogP contribution in [0.5, 0.6) is 0 Å². The predicted molar refractivity (Wildman–Crippen MR) is 53.6 cm³/mol. The van der Waals surface area contributed by atoms with Gasteiger partial charge in [-0.05, 0) is 23.2 Å². The third-order valence-corrected chi connectivity index (χ3v) is 1.56. The molecule has 1 rings (SSSR count). The molecule has 5 nitrogen and oxygen atoms in total. The van der Waals surface area contributed by atoms with E-state index >= 15 is 0 Å². The van der Waals surface area contributed by atoms with E-state index in [1.807, 2.05) is 6.07 Å². The Hall–Kier alpha value is -2.00. The number of hydrogen-bond acceptors (Lipinski definition) is 2. The molecule has 0 aliphatic carbocycles. The second-order valence-corrected chi connectivity index (χ2v) is 2.77. The number of benzene rings is 1. The van der Waals surface area contributed by atoms with Crippen LogP contribution in [0.3, 0.4) is 0 Å². The van der Waals surface area contributed by atoms with Crippen molar-refractivity contribution in [3.8, 4) is 0 Å². The van der Waals surface area contributed by atoms with Gasteiger partial charge in [0.1, 0.15) is 0 Å². The maximum atomic E-state index is 10.7. The molecule has 0 bridgehead atoms. The Balaban J connectivity index is 2.78. The van der Waals surface area contributed by atoms with Crippen molar-refractivity contribution >= 4 is 11.6 Å². The van der Waals surface area contributed by atoms with E-state index in [-0.39, 0.29) is 5.91 Å². The lowest BCUT2D eigenvalue weighted by atomic mass is 10.2. The van der Waals surface area contributed by atoms with Gasteiger partial charge in [-0.3, -0.25) is 4.79 Å². The van der Waals surface area contributed by atoms with Crippen molar-refractivity contribution in [2.75, 3.05) is 5.32 Å². The first kappa shape index (κ1) is 10.1. The summed E-state index contributed by atoms with van der Waals surface area (Å²) in [6, 6.07) is 7.19. The van der Waals surface area contributed by atoms with Crippen LogP contribution in [0.2, 0.25) is 0 Å². The molecule has 1 N–H and O–H groups in total. The van der Waals surface area contributed by atoms with Crippen LogP contribution < -0.4 is 5.32 Å². The van der Waals surface area contributed by atoms with E-state index in [1.54, 1.807) is 18.2 Å². The molecule has 0 heterocycles. The van der Waals surface area contributed by atoms with E-state index in [2.05, 4.69) is 15.3 Å². The summed E-state index contributed by atoms with van der Waals surface area (Å²) in [5.74, 6) is -0.120. The normalized spacial score (nSPS) is 8.93. The molecule has 0 fully saturated rings. The molecule has 1 amide bonds. The van der Waals surface area contributed by atoms with Crippen LogP contribution >= 0.6 is 0 Å². The van der Waals surface area contributed by atoms with Gasteiger partial charge < -0.3 is 5.32 Å². The standard InChI is InChI=1S/C9H10N4O/c1-7(14)12-9-4-2-3-8(5-9)6-11-13-10/h2-5H,6H2,1H3,(H,12,14). The fraction of sp³-hybridized carbons (Fsp3) is 0.222. The van der Waals surface area contributed by atoms with Crippen molar-refractivity contribution in [2.45, 2.75) is 13.5 Å². The first-order chi connectivity index (χ1) is 6.72. The number of nitrogens with zero attached hydrogens (tertiary/aromatic N) is 3. The molecular weight excluding hydrogens is 180 g/mol. The predicted octanol–water partition coefficient (Wildman–Crippen LogP) is 2.46. The van der Waals surface area contributed by atoms with E-state index in [9.17, 15) is 4.79 Å². The van der Waals surface area contributed by atoms with Gasteiger partial charge in [0.05, 0.1) is 6.54 Å². The van der Waals surface area contributed by atoms with Crippen molar-refractivity contribution in [1.82, 2.24) is 0 Å². The van der Waals surface area contributed by atoms with Crippen molar-refractivity contribution in [3.63, 3.8) is 0 Å². The second-order valence-electron chi connectivity index (χ2n) is 2.77. The lowest BCUT2D eigenvalue weighted by molar-refractivity contribution is -0.114. The van der Waals surface area contributed by atoms with Gasteiger partial charge in [0.25, 0.3) is 0 Å². The van der Waals surface area contributed by atoms with Crippen LogP contribution in [0.4, 0.5) is 5.69 Å². The molecule has 1 aromatic carbocycles. The smallest absolute Gasteiger partial charge is 0.221 e. The van der Waals surface area contributed by atoms with Gasteiger partial charge in [0.2, 0.25) is 5.91 Å². The molecule has 0 atom stereocenters. The Labute approximate surface area is 81.4 Å². The average Bonchev–Trinajstić information content (AvgIpc) is 2.14. The molecule has 0 saturated heterocycles. The Morgan fingerprint density at radius 3 is 3.07 bits per heavy atom. The monoisotopic (exact) mass is 190 g/mol. The van der Waals surface area contributed by atoms with Crippen LogP contribution in [0.25, 0.3) is 10.4 Å². The van der Waals surface area contributed by atoms with Crippen LogP contribution in [-0.4, -0.2) is 5.91 Å². The van der Waals surface area contributed by atoms with E-state index in [4.69, 9.17) is 5.53 Å². The zero-order valence-electron chi connectivity index (χ0n) is 7.77. The highest BCUT2D eigenvalue weighted by atomic mass is 16.1.